The summed E-state index contributed by atoms with van der Waals surface area (Å²) in [5.74, 6) is 2.68. The Kier molecular flexibility index (Phi) is 3.96. The summed E-state index contributed by atoms with van der Waals surface area (Å²) in [6.45, 7) is 5.00. The molecule has 24 heavy (non-hydrogen) atoms. The largest absolute Gasteiger partial charge is 0.389 e. The van der Waals surface area contributed by atoms with Crippen LogP contribution < -0.4 is 5.32 Å². The highest BCUT2D eigenvalue weighted by Gasteiger charge is 2.61. The van der Waals surface area contributed by atoms with Crippen LogP contribution in [0.15, 0.2) is 17.1 Å². The van der Waals surface area contributed by atoms with Gasteiger partial charge < -0.3 is 10.4 Å². The first-order chi connectivity index (χ1) is 11.4. The predicted octanol–water partition coefficient (Wildman–Crippen LogP) is 3.43. The van der Waals surface area contributed by atoms with E-state index in [1.165, 1.54) is 31.4 Å². The van der Waals surface area contributed by atoms with Gasteiger partial charge in [-0.1, -0.05) is 26.0 Å². The molecular formula is C21H34N2O. The highest BCUT2D eigenvalue weighted by Crippen LogP contribution is 2.64. The fourth-order valence-corrected chi connectivity index (χ4v) is 7.21. The molecule has 0 radical (unpaired) electrons. The number of aliphatic hydroxyl groups excluding tert-OH is 1. The fraction of sp³-hybridized carbons (Fsp3) is 0.857. The first-order valence-electron chi connectivity index (χ1n) is 9.94. The Bertz CT molecular complexity index is 570. The first kappa shape index (κ1) is 16.8. The van der Waals surface area contributed by atoms with Gasteiger partial charge in [-0.05, 0) is 74.2 Å². The van der Waals surface area contributed by atoms with Gasteiger partial charge in [-0.25, -0.2) is 0 Å². The second kappa shape index (κ2) is 5.67. The van der Waals surface area contributed by atoms with Crippen LogP contribution in [0.2, 0.25) is 0 Å². The SMILES string of the molecule is CN=C1CC2CC(O)C=C[C@]2(C)[C@@H]2CC[C@]3(C)C(NC)CC[C@H]3C12. The highest BCUT2D eigenvalue weighted by atomic mass is 16.3. The van der Waals surface area contributed by atoms with Crippen molar-refractivity contribution < 1.29 is 5.11 Å². The molecule has 3 heteroatoms. The zero-order chi connectivity index (χ0) is 17.1. The molecular weight excluding hydrogens is 296 g/mol. The molecule has 0 aromatic heterocycles. The summed E-state index contributed by atoms with van der Waals surface area (Å²) >= 11 is 0. The van der Waals surface area contributed by atoms with Gasteiger partial charge in [-0.3, -0.25) is 4.99 Å². The lowest BCUT2D eigenvalue weighted by molar-refractivity contribution is -0.0331. The van der Waals surface area contributed by atoms with Crippen molar-refractivity contribution in [2.75, 3.05) is 14.1 Å². The Morgan fingerprint density at radius 3 is 2.71 bits per heavy atom. The summed E-state index contributed by atoms with van der Waals surface area (Å²) in [6.07, 6.45) is 11.5. The number of allylic oxidation sites excluding steroid dienone is 1. The summed E-state index contributed by atoms with van der Waals surface area (Å²) in [4.78, 5) is 4.81. The van der Waals surface area contributed by atoms with Gasteiger partial charge in [0.15, 0.2) is 0 Å². The van der Waals surface area contributed by atoms with E-state index in [9.17, 15) is 5.11 Å². The lowest BCUT2D eigenvalue weighted by atomic mass is 9.45. The quantitative estimate of drug-likeness (QED) is 0.724. The van der Waals surface area contributed by atoms with Crippen LogP contribution in [-0.4, -0.2) is 37.1 Å². The number of hydrogen-bond acceptors (Lipinski definition) is 3. The minimum Gasteiger partial charge on any atom is -0.389 e. The molecule has 0 aliphatic heterocycles. The Labute approximate surface area is 147 Å². The summed E-state index contributed by atoms with van der Waals surface area (Å²) in [7, 11) is 4.14. The average Bonchev–Trinajstić information content (AvgIpc) is 2.91. The predicted molar refractivity (Wildman–Crippen MR) is 99.2 cm³/mol. The number of aliphatic hydroxyl groups is 1. The van der Waals surface area contributed by atoms with Crippen LogP contribution >= 0.6 is 0 Å². The molecule has 3 saturated carbocycles. The molecule has 0 saturated heterocycles. The van der Waals surface area contributed by atoms with Gasteiger partial charge in [0.25, 0.3) is 0 Å². The van der Waals surface area contributed by atoms with Gasteiger partial charge in [-0.2, -0.15) is 0 Å². The summed E-state index contributed by atoms with van der Waals surface area (Å²) in [6, 6.07) is 0.663. The summed E-state index contributed by atoms with van der Waals surface area (Å²) in [5.41, 5.74) is 2.13. The molecule has 4 aliphatic carbocycles. The first-order valence-corrected chi connectivity index (χ1v) is 9.94. The molecule has 0 aromatic rings. The molecule has 0 bridgehead atoms. The van der Waals surface area contributed by atoms with E-state index in [4.69, 9.17) is 4.99 Å². The highest BCUT2D eigenvalue weighted by molar-refractivity contribution is 5.89. The van der Waals surface area contributed by atoms with Gasteiger partial charge in [-0.15, -0.1) is 0 Å². The second-order valence-corrected chi connectivity index (χ2v) is 9.35. The molecule has 3 nitrogen and oxygen atoms in total. The van der Waals surface area contributed by atoms with Crippen molar-refractivity contribution in [3.63, 3.8) is 0 Å². The van der Waals surface area contributed by atoms with E-state index in [1.807, 2.05) is 7.05 Å². The van der Waals surface area contributed by atoms with Crippen LogP contribution in [0.25, 0.3) is 0 Å². The molecule has 8 atom stereocenters. The van der Waals surface area contributed by atoms with E-state index in [1.54, 1.807) is 0 Å². The number of aliphatic imine (C=N–C) groups is 1. The maximum Gasteiger partial charge on any atom is 0.0724 e. The molecule has 4 unspecified atom stereocenters. The Hall–Kier alpha value is -0.670. The Morgan fingerprint density at radius 2 is 2.00 bits per heavy atom. The minimum absolute atomic E-state index is 0.247. The number of hydrogen-bond donors (Lipinski definition) is 2. The zero-order valence-electron chi connectivity index (χ0n) is 15.8. The van der Waals surface area contributed by atoms with Crippen molar-refractivity contribution in [2.24, 2.45) is 39.5 Å². The topological polar surface area (TPSA) is 44.6 Å². The molecule has 0 spiro atoms. The third-order valence-corrected chi connectivity index (χ3v) is 8.63. The smallest absolute Gasteiger partial charge is 0.0724 e. The molecule has 4 rings (SSSR count). The van der Waals surface area contributed by atoms with Gasteiger partial charge in [0, 0.05) is 24.7 Å². The maximum absolute atomic E-state index is 10.1. The average molecular weight is 331 g/mol. The fourth-order valence-electron chi connectivity index (χ4n) is 7.21. The van der Waals surface area contributed by atoms with Crippen LogP contribution in [0, 0.1) is 34.5 Å². The van der Waals surface area contributed by atoms with Crippen LogP contribution in [0.1, 0.15) is 52.4 Å². The van der Waals surface area contributed by atoms with E-state index in [-0.39, 0.29) is 11.5 Å². The van der Waals surface area contributed by atoms with E-state index in [2.05, 4.69) is 38.4 Å². The van der Waals surface area contributed by atoms with Gasteiger partial charge >= 0.3 is 0 Å². The molecule has 0 aromatic carbocycles. The Balaban J connectivity index is 1.74. The van der Waals surface area contributed by atoms with E-state index < -0.39 is 0 Å². The molecule has 3 fully saturated rings. The maximum atomic E-state index is 10.1. The lowest BCUT2D eigenvalue weighted by Crippen LogP contribution is -2.57. The monoisotopic (exact) mass is 330 g/mol. The lowest BCUT2D eigenvalue weighted by Gasteiger charge is -2.59. The number of nitrogens with one attached hydrogen (secondary N) is 1. The van der Waals surface area contributed by atoms with Crippen LogP contribution in [0.3, 0.4) is 0 Å². The zero-order valence-corrected chi connectivity index (χ0v) is 15.8. The number of rotatable bonds is 1. The summed E-state index contributed by atoms with van der Waals surface area (Å²) in [5, 5.41) is 13.8. The summed E-state index contributed by atoms with van der Waals surface area (Å²) < 4.78 is 0. The van der Waals surface area contributed by atoms with Crippen LogP contribution in [0.5, 0.6) is 0 Å². The molecule has 0 heterocycles. The second-order valence-electron chi connectivity index (χ2n) is 9.35. The Morgan fingerprint density at radius 1 is 1.21 bits per heavy atom. The normalized spacial score (nSPS) is 55.1. The number of fused-ring (bicyclic) bond motifs is 5. The van der Waals surface area contributed by atoms with E-state index in [0.717, 1.165) is 18.8 Å². The molecule has 2 N–H and O–H groups in total. The van der Waals surface area contributed by atoms with Crippen molar-refractivity contribution in [3.05, 3.63) is 12.2 Å². The van der Waals surface area contributed by atoms with Crippen molar-refractivity contribution in [1.82, 2.24) is 5.32 Å². The minimum atomic E-state index is -0.258. The molecule has 4 aliphatic rings. The van der Waals surface area contributed by atoms with Gasteiger partial charge in [0.1, 0.15) is 0 Å². The molecule has 0 amide bonds. The standard InChI is InChI=1S/C21H34N2O/c1-20-9-7-14(24)11-13(20)12-17(22-3)19-15-5-6-18(23-4)21(15,2)10-8-16(19)20/h7,9,13-16,18-19,23-24H,5-6,8,10-12H2,1-4H3/t13?,14?,15-,16+,18?,19?,20-,21-/m0/s1. The number of nitrogens with zero attached hydrogens (tertiary/aromatic N) is 1. The van der Waals surface area contributed by atoms with Crippen LogP contribution in [-0.2, 0) is 0 Å². The van der Waals surface area contributed by atoms with Gasteiger partial charge in [0.2, 0.25) is 0 Å². The van der Waals surface area contributed by atoms with Crippen molar-refractivity contribution in [2.45, 2.75) is 64.5 Å². The van der Waals surface area contributed by atoms with Gasteiger partial charge in [0.05, 0.1) is 6.10 Å². The van der Waals surface area contributed by atoms with Crippen molar-refractivity contribution >= 4 is 5.71 Å². The molecule has 134 valence electrons. The van der Waals surface area contributed by atoms with Crippen molar-refractivity contribution in [3.8, 4) is 0 Å². The van der Waals surface area contributed by atoms with Crippen molar-refractivity contribution in [1.29, 1.82) is 0 Å². The third-order valence-electron chi connectivity index (χ3n) is 8.63. The van der Waals surface area contributed by atoms with Crippen LogP contribution in [0.4, 0.5) is 0 Å². The van der Waals surface area contributed by atoms with E-state index in [0.29, 0.717) is 29.2 Å². The third kappa shape index (κ3) is 2.13. The van der Waals surface area contributed by atoms with E-state index >= 15 is 0 Å².